The lowest BCUT2D eigenvalue weighted by molar-refractivity contribution is -0.137. The van der Waals surface area contributed by atoms with Crippen molar-refractivity contribution < 1.29 is 32.2 Å². The predicted molar refractivity (Wildman–Crippen MR) is 122 cm³/mol. The minimum atomic E-state index is -4.46. The molecule has 36 heavy (non-hydrogen) atoms. The maximum Gasteiger partial charge on any atom is 0.416 e. The van der Waals surface area contributed by atoms with E-state index in [1.807, 2.05) is 12.1 Å². The predicted octanol–water partition coefficient (Wildman–Crippen LogP) is 4.36. The van der Waals surface area contributed by atoms with E-state index in [9.17, 15) is 22.8 Å². The number of pyridine rings is 1. The number of benzene rings is 2. The minimum absolute atomic E-state index is 0.0559. The Bertz CT molecular complexity index is 1390. The van der Waals surface area contributed by atoms with Crippen LogP contribution in [-0.2, 0) is 28.6 Å². The minimum Gasteiger partial charge on any atom is -0.487 e. The molecule has 184 valence electrons. The second kappa shape index (κ2) is 8.25. The molecule has 0 bridgehead atoms. The van der Waals surface area contributed by atoms with Crippen molar-refractivity contribution in [1.29, 1.82) is 0 Å². The molecule has 3 atom stereocenters. The SMILES string of the molecule is O=C1CCc2c(Oc3ccc4c(c3)C3C(NC(=O)Cc5cccc(C(F)(F)F)c5)C3O4)ccnc2N1. The fraction of sp³-hybridized carbons (Fsp3) is 0.269. The van der Waals surface area contributed by atoms with Crippen molar-refractivity contribution in [2.45, 2.75) is 43.5 Å². The summed E-state index contributed by atoms with van der Waals surface area (Å²) in [6.45, 7) is 0. The number of rotatable bonds is 5. The normalized spacial score (nSPS) is 21.4. The Kier molecular flexibility index (Phi) is 5.13. The van der Waals surface area contributed by atoms with Crippen LogP contribution in [-0.4, -0.2) is 28.9 Å². The van der Waals surface area contributed by atoms with Crippen molar-refractivity contribution in [1.82, 2.24) is 10.3 Å². The second-order valence-corrected chi connectivity index (χ2v) is 9.06. The molecule has 3 heterocycles. The monoisotopic (exact) mass is 495 g/mol. The van der Waals surface area contributed by atoms with Crippen LogP contribution in [0.2, 0.25) is 0 Å². The first-order valence-corrected chi connectivity index (χ1v) is 11.5. The number of anilines is 1. The number of ether oxygens (including phenoxy) is 2. The van der Waals surface area contributed by atoms with Crippen LogP contribution in [0.1, 0.15) is 34.6 Å². The zero-order valence-corrected chi connectivity index (χ0v) is 18.8. The Morgan fingerprint density at radius 1 is 1.17 bits per heavy atom. The van der Waals surface area contributed by atoms with Gasteiger partial charge >= 0.3 is 6.18 Å². The average Bonchev–Trinajstić information content (AvgIpc) is 3.34. The van der Waals surface area contributed by atoms with Crippen molar-refractivity contribution in [2.75, 3.05) is 5.32 Å². The van der Waals surface area contributed by atoms with E-state index in [1.165, 1.54) is 12.1 Å². The van der Waals surface area contributed by atoms with Gasteiger partial charge in [0.25, 0.3) is 0 Å². The van der Waals surface area contributed by atoms with E-state index in [1.54, 1.807) is 18.3 Å². The van der Waals surface area contributed by atoms with Crippen LogP contribution < -0.4 is 20.1 Å². The van der Waals surface area contributed by atoms with Crippen LogP contribution in [0.25, 0.3) is 0 Å². The Labute approximate surface area is 203 Å². The standard InChI is InChI=1S/C26H20F3N3O4/c27-26(28,29)14-3-1-2-13(10-14)11-21(34)31-23-22-17-12-15(4-6-18(17)36-24(22)23)35-19-8-9-30-25-16(19)5-7-20(33)32-25/h1-4,6,8-10,12,22-24H,5,7,11H2,(H,31,34)(H,30,32,33). The van der Waals surface area contributed by atoms with Crippen LogP contribution in [0.3, 0.4) is 0 Å². The fourth-order valence-electron chi connectivity index (χ4n) is 4.84. The second-order valence-electron chi connectivity index (χ2n) is 9.06. The molecule has 3 aromatic rings. The Morgan fingerprint density at radius 2 is 2.03 bits per heavy atom. The summed E-state index contributed by atoms with van der Waals surface area (Å²) in [5.41, 5.74) is 1.25. The van der Waals surface area contributed by atoms with E-state index in [-0.39, 0.29) is 36.3 Å². The molecule has 10 heteroatoms. The fourth-order valence-corrected chi connectivity index (χ4v) is 4.84. The summed E-state index contributed by atoms with van der Waals surface area (Å²) in [5, 5.41) is 5.63. The summed E-state index contributed by atoms with van der Waals surface area (Å²) in [4.78, 5) is 28.4. The summed E-state index contributed by atoms with van der Waals surface area (Å²) in [6.07, 6.45) is -2.37. The molecule has 2 amide bonds. The molecule has 2 aliphatic heterocycles. The van der Waals surface area contributed by atoms with Crippen molar-refractivity contribution in [3.8, 4) is 17.2 Å². The molecule has 1 aromatic heterocycles. The average molecular weight is 495 g/mol. The highest BCUT2D eigenvalue weighted by Crippen LogP contribution is 2.54. The third kappa shape index (κ3) is 4.12. The summed E-state index contributed by atoms with van der Waals surface area (Å²) < 4.78 is 50.9. The summed E-state index contributed by atoms with van der Waals surface area (Å²) >= 11 is 0. The van der Waals surface area contributed by atoms with Crippen LogP contribution in [0.15, 0.2) is 54.7 Å². The number of aromatic nitrogens is 1. The van der Waals surface area contributed by atoms with Gasteiger partial charge in [-0.25, -0.2) is 4.98 Å². The number of hydrogen-bond donors (Lipinski definition) is 2. The highest BCUT2D eigenvalue weighted by molar-refractivity contribution is 5.93. The van der Waals surface area contributed by atoms with Gasteiger partial charge in [-0.15, -0.1) is 0 Å². The van der Waals surface area contributed by atoms with E-state index in [2.05, 4.69) is 15.6 Å². The van der Waals surface area contributed by atoms with Crippen molar-refractivity contribution >= 4 is 17.6 Å². The van der Waals surface area contributed by atoms with Gasteiger partial charge in [0.05, 0.1) is 23.9 Å². The summed E-state index contributed by atoms with van der Waals surface area (Å²) in [5.74, 6) is 1.91. The van der Waals surface area contributed by atoms with Gasteiger partial charge < -0.3 is 20.1 Å². The van der Waals surface area contributed by atoms with Gasteiger partial charge in [0.1, 0.15) is 29.2 Å². The lowest BCUT2D eigenvalue weighted by Gasteiger charge is -2.19. The first-order chi connectivity index (χ1) is 17.3. The largest absolute Gasteiger partial charge is 0.487 e. The number of carbonyl (C=O) groups excluding carboxylic acids is 2. The molecular weight excluding hydrogens is 475 g/mol. The highest BCUT2D eigenvalue weighted by Gasteiger charge is 2.59. The molecule has 1 aliphatic carbocycles. The van der Waals surface area contributed by atoms with Gasteiger partial charge in [-0.3, -0.25) is 9.59 Å². The van der Waals surface area contributed by atoms with E-state index >= 15 is 0 Å². The molecule has 2 N–H and O–H groups in total. The summed E-state index contributed by atoms with van der Waals surface area (Å²) in [6, 6.07) is 11.7. The van der Waals surface area contributed by atoms with Crippen LogP contribution in [0.5, 0.6) is 17.2 Å². The van der Waals surface area contributed by atoms with Crippen molar-refractivity contribution in [3.63, 3.8) is 0 Å². The Hall–Kier alpha value is -4.08. The van der Waals surface area contributed by atoms with Gasteiger partial charge in [-0.05, 0) is 42.3 Å². The number of nitrogens with zero attached hydrogens (tertiary/aromatic N) is 1. The van der Waals surface area contributed by atoms with E-state index < -0.39 is 11.7 Å². The smallest absolute Gasteiger partial charge is 0.416 e. The number of amides is 2. The van der Waals surface area contributed by atoms with E-state index in [0.717, 1.165) is 23.3 Å². The topological polar surface area (TPSA) is 89.5 Å². The van der Waals surface area contributed by atoms with Gasteiger partial charge in [0.2, 0.25) is 11.8 Å². The first kappa shape index (κ1) is 22.4. The maximum absolute atomic E-state index is 12.9. The van der Waals surface area contributed by atoms with Gasteiger partial charge in [0, 0.05) is 23.7 Å². The van der Waals surface area contributed by atoms with Crippen molar-refractivity contribution in [3.05, 3.63) is 77.0 Å². The van der Waals surface area contributed by atoms with Crippen LogP contribution in [0, 0.1) is 0 Å². The number of hydrogen-bond acceptors (Lipinski definition) is 5. The third-order valence-corrected chi connectivity index (χ3v) is 6.60. The lowest BCUT2D eigenvalue weighted by atomic mass is 10.1. The van der Waals surface area contributed by atoms with Gasteiger partial charge in [0.15, 0.2) is 0 Å². The number of alkyl halides is 3. The Morgan fingerprint density at radius 3 is 2.86 bits per heavy atom. The highest BCUT2D eigenvalue weighted by atomic mass is 19.4. The zero-order chi connectivity index (χ0) is 25.0. The van der Waals surface area contributed by atoms with E-state index in [4.69, 9.17) is 9.47 Å². The molecule has 0 saturated heterocycles. The number of nitrogens with one attached hydrogen (secondary N) is 2. The van der Waals surface area contributed by atoms with Crippen LogP contribution in [0.4, 0.5) is 19.0 Å². The number of carbonyl (C=O) groups is 2. The van der Waals surface area contributed by atoms with Gasteiger partial charge in [-0.2, -0.15) is 13.2 Å². The molecule has 0 radical (unpaired) electrons. The molecule has 0 spiro atoms. The maximum atomic E-state index is 12.9. The molecule has 3 unspecified atom stereocenters. The summed E-state index contributed by atoms with van der Waals surface area (Å²) in [7, 11) is 0. The van der Waals surface area contributed by atoms with Crippen molar-refractivity contribution in [2.24, 2.45) is 0 Å². The van der Waals surface area contributed by atoms with Crippen LogP contribution >= 0.6 is 0 Å². The molecule has 1 saturated carbocycles. The first-order valence-electron chi connectivity index (χ1n) is 11.5. The van der Waals surface area contributed by atoms with E-state index in [0.29, 0.717) is 41.5 Å². The number of halogens is 3. The third-order valence-electron chi connectivity index (χ3n) is 6.60. The lowest BCUT2D eigenvalue weighted by Crippen LogP contribution is -2.31. The molecule has 7 nitrogen and oxygen atoms in total. The molecular formula is C26H20F3N3O4. The molecule has 2 aromatic carbocycles. The Balaban J connectivity index is 1.13. The number of fused-ring (bicyclic) bond motifs is 4. The van der Waals surface area contributed by atoms with Gasteiger partial charge in [-0.1, -0.05) is 18.2 Å². The molecule has 3 aliphatic rings. The molecule has 1 fully saturated rings. The zero-order valence-electron chi connectivity index (χ0n) is 18.8. The molecule has 6 rings (SSSR count). The quantitative estimate of drug-likeness (QED) is 0.549.